The zero-order chi connectivity index (χ0) is 17.8. The third-order valence-corrected chi connectivity index (χ3v) is 4.54. The average molecular weight is 396 g/mol. The van der Waals surface area contributed by atoms with Gasteiger partial charge in [0.2, 0.25) is 0 Å². The van der Waals surface area contributed by atoms with Crippen molar-refractivity contribution in [1.82, 2.24) is 4.98 Å². The predicted octanol–water partition coefficient (Wildman–Crippen LogP) is 5.17. The minimum atomic E-state index is -0.243. The van der Waals surface area contributed by atoms with Gasteiger partial charge in [0.1, 0.15) is 5.69 Å². The number of aryl methyl sites for hydroxylation is 1. The first-order chi connectivity index (χ1) is 12.0. The number of pyridine rings is 1. The Balaban J connectivity index is 1.82. The molecule has 0 radical (unpaired) electrons. The van der Waals surface area contributed by atoms with Gasteiger partial charge >= 0.3 is 0 Å². The summed E-state index contributed by atoms with van der Waals surface area (Å²) in [6, 6.07) is 19.4. The smallest absolute Gasteiger partial charge is 0.274 e. The summed E-state index contributed by atoms with van der Waals surface area (Å²) in [7, 11) is 1.96. The van der Waals surface area contributed by atoms with Crippen molar-refractivity contribution < 1.29 is 4.79 Å². The van der Waals surface area contributed by atoms with Crippen LogP contribution in [-0.2, 0) is 0 Å². The van der Waals surface area contributed by atoms with Gasteiger partial charge in [-0.2, -0.15) is 0 Å². The molecule has 3 rings (SSSR count). The first kappa shape index (κ1) is 17.2. The molecule has 1 N–H and O–H groups in total. The standard InChI is InChI=1S/C20H18BrN3O/c1-14-8-9-18(17(21)12-14)23-20(25)19-13-16(10-11-22-19)24(2)15-6-4-3-5-7-15/h3-13H,1-2H3,(H,23,25). The maximum Gasteiger partial charge on any atom is 0.274 e. The Morgan fingerprint density at radius 1 is 1.04 bits per heavy atom. The van der Waals surface area contributed by atoms with E-state index in [0.29, 0.717) is 5.69 Å². The summed E-state index contributed by atoms with van der Waals surface area (Å²) in [6.07, 6.45) is 1.65. The number of carbonyl (C=O) groups is 1. The van der Waals surface area contributed by atoms with Crippen molar-refractivity contribution in [2.24, 2.45) is 0 Å². The van der Waals surface area contributed by atoms with Crippen LogP contribution in [0.5, 0.6) is 0 Å². The van der Waals surface area contributed by atoms with Crippen molar-refractivity contribution in [2.75, 3.05) is 17.3 Å². The number of amides is 1. The Bertz CT molecular complexity index is 896. The number of aromatic nitrogens is 1. The van der Waals surface area contributed by atoms with E-state index in [-0.39, 0.29) is 5.91 Å². The van der Waals surface area contributed by atoms with E-state index >= 15 is 0 Å². The quantitative estimate of drug-likeness (QED) is 0.662. The molecular formula is C20H18BrN3O. The maximum atomic E-state index is 12.5. The minimum Gasteiger partial charge on any atom is -0.345 e. The fraction of sp³-hybridized carbons (Fsp3) is 0.100. The van der Waals surface area contributed by atoms with Crippen LogP contribution in [0.25, 0.3) is 0 Å². The van der Waals surface area contributed by atoms with Crippen molar-refractivity contribution in [1.29, 1.82) is 0 Å². The van der Waals surface area contributed by atoms with E-state index in [9.17, 15) is 4.79 Å². The van der Waals surface area contributed by atoms with Crippen molar-refractivity contribution in [3.63, 3.8) is 0 Å². The van der Waals surface area contributed by atoms with E-state index in [1.54, 1.807) is 12.3 Å². The van der Waals surface area contributed by atoms with Crippen LogP contribution in [0.4, 0.5) is 17.1 Å². The second-order valence-corrected chi connectivity index (χ2v) is 6.59. The monoisotopic (exact) mass is 395 g/mol. The van der Waals surface area contributed by atoms with Crippen LogP contribution >= 0.6 is 15.9 Å². The zero-order valence-electron chi connectivity index (χ0n) is 14.0. The molecule has 0 unspecified atom stereocenters. The minimum absolute atomic E-state index is 0.243. The molecule has 126 valence electrons. The highest BCUT2D eigenvalue weighted by Crippen LogP contribution is 2.25. The van der Waals surface area contributed by atoms with E-state index in [1.807, 2.05) is 73.5 Å². The van der Waals surface area contributed by atoms with Gasteiger partial charge in [0.25, 0.3) is 5.91 Å². The third kappa shape index (κ3) is 4.06. The molecule has 4 nitrogen and oxygen atoms in total. The first-order valence-electron chi connectivity index (χ1n) is 7.87. The number of para-hydroxylation sites is 1. The molecule has 0 atom stereocenters. The second kappa shape index (κ2) is 7.49. The van der Waals surface area contributed by atoms with Crippen molar-refractivity contribution in [3.05, 3.63) is 82.6 Å². The third-order valence-electron chi connectivity index (χ3n) is 3.88. The molecule has 0 aliphatic heterocycles. The number of nitrogens with one attached hydrogen (secondary N) is 1. The molecule has 0 aliphatic carbocycles. The van der Waals surface area contributed by atoms with E-state index in [2.05, 4.69) is 26.2 Å². The highest BCUT2D eigenvalue weighted by atomic mass is 79.9. The number of carbonyl (C=O) groups excluding carboxylic acids is 1. The first-order valence-corrected chi connectivity index (χ1v) is 8.66. The molecule has 5 heteroatoms. The molecule has 0 saturated carbocycles. The molecule has 0 bridgehead atoms. The van der Waals surface area contributed by atoms with Crippen LogP contribution in [0.15, 0.2) is 71.3 Å². The Labute approximate surface area is 155 Å². The number of hydrogen-bond donors (Lipinski definition) is 1. The highest BCUT2D eigenvalue weighted by Gasteiger charge is 2.12. The topological polar surface area (TPSA) is 45.2 Å². The maximum absolute atomic E-state index is 12.5. The fourth-order valence-corrected chi connectivity index (χ4v) is 3.05. The lowest BCUT2D eigenvalue weighted by Crippen LogP contribution is -2.16. The number of benzene rings is 2. The molecule has 0 saturated heterocycles. The lowest BCUT2D eigenvalue weighted by molar-refractivity contribution is 0.102. The van der Waals surface area contributed by atoms with Crippen LogP contribution in [0, 0.1) is 6.92 Å². The SMILES string of the molecule is Cc1ccc(NC(=O)c2cc(N(C)c3ccccc3)ccn2)c(Br)c1. The molecule has 1 heterocycles. The van der Waals surface area contributed by atoms with Crippen LogP contribution in [0.1, 0.15) is 16.1 Å². The van der Waals surface area contributed by atoms with Crippen molar-refractivity contribution in [3.8, 4) is 0 Å². The molecule has 0 fully saturated rings. The number of nitrogens with zero attached hydrogens (tertiary/aromatic N) is 2. The second-order valence-electron chi connectivity index (χ2n) is 5.73. The van der Waals surface area contributed by atoms with Gasteiger partial charge in [0, 0.05) is 29.1 Å². The lowest BCUT2D eigenvalue weighted by Gasteiger charge is -2.19. The molecule has 3 aromatic rings. The number of rotatable bonds is 4. The Morgan fingerprint density at radius 2 is 1.80 bits per heavy atom. The fourth-order valence-electron chi connectivity index (χ4n) is 2.46. The number of anilines is 3. The van der Waals surface area contributed by atoms with E-state index in [0.717, 1.165) is 27.1 Å². The van der Waals surface area contributed by atoms with Gasteiger partial charge in [-0.1, -0.05) is 24.3 Å². The summed E-state index contributed by atoms with van der Waals surface area (Å²) in [4.78, 5) is 18.8. The molecule has 2 aromatic carbocycles. The van der Waals surface area contributed by atoms with Gasteiger partial charge in [0.15, 0.2) is 0 Å². The number of hydrogen-bond acceptors (Lipinski definition) is 3. The van der Waals surface area contributed by atoms with Crippen LogP contribution in [0.3, 0.4) is 0 Å². The van der Waals surface area contributed by atoms with Crippen LogP contribution in [-0.4, -0.2) is 17.9 Å². The zero-order valence-corrected chi connectivity index (χ0v) is 15.6. The Hall–Kier alpha value is -2.66. The Kier molecular flexibility index (Phi) is 5.14. The van der Waals surface area contributed by atoms with Crippen LogP contribution < -0.4 is 10.2 Å². The van der Waals surface area contributed by atoms with Crippen molar-refractivity contribution >= 4 is 38.9 Å². The van der Waals surface area contributed by atoms with E-state index < -0.39 is 0 Å². The predicted molar refractivity (Wildman–Crippen MR) is 106 cm³/mol. The Morgan fingerprint density at radius 3 is 2.52 bits per heavy atom. The van der Waals surface area contributed by atoms with Gasteiger partial charge in [-0.25, -0.2) is 0 Å². The summed E-state index contributed by atoms with van der Waals surface area (Å²) < 4.78 is 0.846. The molecule has 0 spiro atoms. The van der Waals surface area contributed by atoms with Crippen molar-refractivity contribution in [2.45, 2.75) is 6.92 Å². The molecular weight excluding hydrogens is 378 g/mol. The summed E-state index contributed by atoms with van der Waals surface area (Å²) in [6.45, 7) is 2.00. The lowest BCUT2D eigenvalue weighted by atomic mass is 10.2. The molecule has 1 amide bonds. The van der Waals surface area contributed by atoms with Gasteiger partial charge in [0.05, 0.1) is 5.69 Å². The van der Waals surface area contributed by atoms with Crippen LogP contribution in [0.2, 0.25) is 0 Å². The highest BCUT2D eigenvalue weighted by molar-refractivity contribution is 9.10. The summed E-state index contributed by atoms with van der Waals surface area (Å²) in [5.41, 5.74) is 4.15. The summed E-state index contributed by atoms with van der Waals surface area (Å²) in [5, 5.41) is 2.89. The van der Waals surface area contributed by atoms with Gasteiger partial charge in [-0.05, 0) is 64.8 Å². The molecule has 25 heavy (non-hydrogen) atoms. The molecule has 1 aromatic heterocycles. The van der Waals surface area contributed by atoms with Gasteiger partial charge in [-0.15, -0.1) is 0 Å². The average Bonchev–Trinajstić information content (AvgIpc) is 2.64. The summed E-state index contributed by atoms with van der Waals surface area (Å²) >= 11 is 3.47. The number of halogens is 1. The summed E-state index contributed by atoms with van der Waals surface area (Å²) in [5.74, 6) is -0.243. The van der Waals surface area contributed by atoms with E-state index in [1.165, 1.54) is 0 Å². The normalized spacial score (nSPS) is 10.4. The molecule has 0 aliphatic rings. The van der Waals surface area contributed by atoms with E-state index in [4.69, 9.17) is 0 Å². The van der Waals surface area contributed by atoms with Gasteiger partial charge in [-0.3, -0.25) is 9.78 Å². The van der Waals surface area contributed by atoms with Gasteiger partial charge < -0.3 is 10.2 Å². The largest absolute Gasteiger partial charge is 0.345 e.